The van der Waals surface area contributed by atoms with Gasteiger partial charge in [-0.3, -0.25) is 5.10 Å². The van der Waals surface area contributed by atoms with Crippen LogP contribution in [0.4, 0.5) is 0 Å². The summed E-state index contributed by atoms with van der Waals surface area (Å²) in [4.78, 5) is 4.09. The number of hydrogen-bond acceptors (Lipinski definition) is 4. The van der Waals surface area contributed by atoms with Crippen molar-refractivity contribution in [3.63, 3.8) is 0 Å². The highest BCUT2D eigenvalue weighted by Gasteiger charge is 2.11. The number of benzene rings is 1. The first kappa shape index (κ1) is 13.1. The van der Waals surface area contributed by atoms with Crippen LogP contribution in [0.1, 0.15) is 17.8 Å². The minimum Gasteiger partial charge on any atom is -0.444 e. The molecule has 2 aromatic heterocycles. The smallest absolute Gasteiger partial charge is 0.199 e. The molecule has 0 aliphatic rings. The number of para-hydroxylation sites is 1. The van der Waals surface area contributed by atoms with Gasteiger partial charge in [-0.15, -0.1) is 0 Å². The Labute approximate surface area is 121 Å². The van der Waals surface area contributed by atoms with Crippen molar-refractivity contribution in [1.29, 1.82) is 0 Å². The molecular weight excluding hydrogens is 276 g/mol. The molecule has 0 amide bonds. The number of nitrogens with one attached hydrogen (secondary N) is 2. The van der Waals surface area contributed by atoms with Crippen molar-refractivity contribution >= 4 is 22.6 Å². The number of nitrogens with zero attached hydrogens (tertiary/aromatic N) is 2. The Morgan fingerprint density at radius 3 is 3.05 bits per heavy atom. The quantitative estimate of drug-likeness (QED) is 0.685. The lowest BCUT2D eigenvalue weighted by atomic mass is 10.2. The number of H-pyrrole nitrogens is 1. The molecule has 0 radical (unpaired) electrons. The Kier molecular flexibility index (Phi) is 3.99. The average Bonchev–Trinajstić information content (AvgIpc) is 3.06. The molecule has 0 atom stereocenters. The number of aromatic amines is 1. The second-order valence-corrected chi connectivity index (χ2v) is 4.91. The monoisotopic (exact) mass is 290 g/mol. The lowest BCUT2D eigenvalue weighted by Crippen LogP contribution is -2.15. The first-order chi connectivity index (χ1) is 9.84. The van der Waals surface area contributed by atoms with Gasteiger partial charge in [0.05, 0.1) is 0 Å². The van der Waals surface area contributed by atoms with E-state index in [0.717, 1.165) is 41.7 Å². The zero-order valence-corrected chi connectivity index (χ0v) is 11.7. The fraction of sp³-hybridized carbons (Fsp3) is 0.286. The maximum Gasteiger partial charge on any atom is 0.199 e. The zero-order valence-electron chi connectivity index (χ0n) is 10.9. The van der Waals surface area contributed by atoms with E-state index < -0.39 is 0 Å². The molecule has 0 bridgehead atoms. The third-order valence-electron chi connectivity index (χ3n) is 3.18. The highest BCUT2D eigenvalue weighted by molar-refractivity contribution is 6.30. The van der Waals surface area contributed by atoms with Gasteiger partial charge in [0, 0.05) is 23.9 Å². The normalized spacial score (nSPS) is 11.2. The Bertz CT molecular complexity index is 678. The van der Waals surface area contributed by atoms with Crippen molar-refractivity contribution in [3.8, 4) is 0 Å². The predicted molar refractivity (Wildman–Crippen MR) is 77.6 cm³/mol. The van der Waals surface area contributed by atoms with E-state index in [1.165, 1.54) is 6.33 Å². The lowest BCUT2D eigenvalue weighted by Gasteiger charge is -2.03. The van der Waals surface area contributed by atoms with E-state index in [9.17, 15) is 0 Å². The van der Waals surface area contributed by atoms with Crippen molar-refractivity contribution in [1.82, 2.24) is 20.5 Å². The van der Waals surface area contributed by atoms with Crippen LogP contribution in [0.2, 0.25) is 5.22 Å². The molecule has 2 heterocycles. The van der Waals surface area contributed by atoms with Gasteiger partial charge in [0.2, 0.25) is 0 Å². The van der Waals surface area contributed by atoms with E-state index in [0.29, 0.717) is 11.8 Å². The summed E-state index contributed by atoms with van der Waals surface area (Å²) in [6, 6.07) is 7.88. The van der Waals surface area contributed by atoms with Crippen LogP contribution in [0.5, 0.6) is 0 Å². The van der Waals surface area contributed by atoms with Gasteiger partial charge in [-0.1, -0.05) is 18.2 Å². The number of halogens is 1. The van der Waals surface area contributed by atoms with Crippen LogP contribution in [-0.2, 0) is 13.0 Å². The summed E-state index contributed by atoms with van der Waals surface area (Å²) in [7, 11) is 0. The number of furan rings is 1. The van der Waals surface area contributed by atoms with Crippen LogP contribution in [-0.4, -0.2) is 21.7 Å². The molecule has 6 heteroatoms. The van der Waals surface area contributed by atoms with E-state index in [-0.39, 0.29) is 0 Å². The molecule has 3 aromatic rings. The molecule has 5 nitrogen and oxygen atoms in total. The van der Waals surface area contributed by atoms with Gasteiger partial charge in [0.25, 0.3) is 0 Å². The van der Waals surface area contributed by atoms with Crippen molar-refractivity contribution < 1.29 is 4.42 Å². The van der Waals surface area contributed by atoms with Crippen LogP contribution in [0.15, 0.2) is 35.0 Å². The molecule has 2 N–H and O–H groups in total. The number of fused-ring (bicyclic) bond motifs is 1. The highest BCUT2D eigenvalue weighted by atomic mass is 35.5. The minimum atomic E-state index is 0.467. The molecule has 20 heavy (non-hydrogen) atoms. The molecule has 104 valence electrons. The first-order valence-corrected chi connectivity index (χ1v) is 6.93. The van der Waals surface area contributed by atoms with E-state index >= 15 is 0 Å². The Balaban J connectivity index is 1.53. The maximum absolute atomic E-state index is 6.13. The largest absolute Gasteiger partial charge is 0.444 e. The zero-order chi connectivity index (χ0) is 13.8. The summed E-state index contributed by atoms with van der Waals surface area (Å²) in [6.45, 7) is 1.59. The number of hydrogen-bond donors (Lipinski definition) is 2. The lowest BCUT2D eigenvalue weighted by molar-refractivity contribution is 0.598. The molecule has 3 rings (SSSR count). The molecule has 0 fully saturated rings. The molecule has 0 aliphatic heterocycles. The fourth-order valence-electron chi connectivity index (χ4n) is 2.18. The van der Waals surface area contributed by atoms with Crippen LogP contribution < -0.4 is 5.32 Å². The number of aromatic nitrogens is 3. The van der Waals surface area contributed by atoms with Gasteiger partial charge in [-0.2, -0.15) is 5.10 Å². The standard InChI is InChI=1S/C14H15ClN4O/c15-14-11(10-4-1-2-5-12(10)20-14)8-16-7-3-6-13-17-9-18-19-13/h1-2,4-5,9,16H,3,6-8H2,(H,17,18,19). The fourth-order valence-corrected chi connectivity index (χ4v) is 2.43. The Morgan fingerprint density at radius 2 is 2.20 bits per heavy atom. The van der Waals surface area contributed by atoms with Crippen molar-refractivity contribution in [2.24, 2.45) is 0 Å². The summed E-state index contributed by atoms with van der Waals surface area (Å²) in [5.41, 5.74) is 1.85. The van der Waals surface area contributed by atoms with Crippen LogP contribution >= 0.6 is 11.6 Å². The van der Waals surface area contributed by atoms with Crippen LogP contribution in [0.25, 0.3) is 11.0 Å². The average molecular weight is 291 g/mol. The number of aryl methyl sites for hydroxylation is 1. The first-order valence-electron chi connectivity index (χ1n) is 6.55. The van der Waals surface area contributed by atoms with Gasteiger partial charge in [-0.25, -0.2) is 4.98 Å². The summed E-state index contributed by atoms with van der Waals surface area (Å²) in [5.74, 6) is 0.915. The van der Waals surface area contributed by atoms with Crippen molar-refractivity contribution in [2.75, 3.05) is 6.54 Å². The van der Waals surface area contributed by atoms with Gasteiger partial charge < -0.3 is 9.73 Å². The molecule has 0 saturated heterocycles. The number of rotatable bonds is 6. The summed E-state index contributed by atoms with van der Waals surface area (Å²) >= 11 is 6.13. The summed E-state index contributed by atoms with van der Waals surface area (Å²) in [5, 5.41) is 11.6. The second-order valence-electron chi connectivity index (χ2n) is 4.56. The van der Waals surface area contributed by atoms with Gasteiger partial charge in [0.1, 0.15) is 17.7 Å². The van der Waals surface area contributed by atoms with Gasteiger partial charge in [-0.05, 0) is 30.6 Å². The third-order valence-corrected chi connectivity index (χ3v) is 3.49. The van der Waals surface area contributed by atoms with Crippen molar-refractivity contribution in [3.05, 3.63) is 47.2 Å². The van der Waals surface area contributed by atoms with Gasteiger partial charge in [0.15, 0.2) is 5.22 Å². The van der Waals surface area contributed by atoms with Crippen LogP contribution in [0.3, 0.4) is 0 Å². The minimum absolute atomic E-state index is 0.467. The SMILES string of the molecule is Clc1oc2ccccc2c1CNCCCc1ncn[nH]1. The molecule has 0 saturated carbocycles. The topological polar surface area (TPSA) is 66.7 Å². The Morgan fingerprint density at radius 1 is 1.30 bits per heavy atom. The van der Waals surface area contributed by atoms with E-state index in [1.54, 1.807) is 0 Å². The Hall–Kier alpha value is -1.85. The van der Waals surface area contributed by atoms with E-state index in [1.807, 2.05) is 24.3 Å². The molecular formula is C14H15ClN4O. The van der Waals surface area contributed by atoms with Crippen LogP contribution in [0, 0.1) is 0 Å². The molecule has 1 aromatic carbocycles. The second kappa shape index (κ2) is 6.07. The highest BCUT2D eigenvalue weighted by Crippen LogP contribution is 2.29. The predicted octanol–water partition coefficient (Wildman–Crippen LogP) is 2.93. The molecule has 0 unspecified atom stereocenters. The third kappa shape index (κ3) is 2.84. The van der Waals surface area contributed by atoms with Gasteiger partial charge >= 0.3 is 0 Å². The maximum atomic E-state index is 6.13. The molecule has 0 aliphatic carbocycles. The summed E-state index contributed by atoms with van der Waals surface area (Å²) in [6.07, 6.45) is 3.40. The van der Waals surface area contributed by atoms with E-state index in [2.05, 4.69) is 20.5 Å². The molecule has 0 spiro atoms. The summed E-state index contributed by atoms with van der Waals surface area (Å²) < 4.78 is 5.52. The van der Waals surface area contributed by atoms with Crippen molar-refractivity contribution in [2.45, 2.75) is 19.4 Å². The van der Waals surface area contributed by atoms with E-state index in [4.69, 9.17) is 16.0 Å².